The number of hydrogen-bond donors (Lipinski definition) is 2. The van der Waals surface area contributed by atoms with Crippen molar-refractivity contribution in [1.82, 2.24) is 15.4 Å². The molecule has 1 saturated heterocycles. The molecule has 0 unspecified atom stereocenters. The molecule has 1 aliphatic heterocycles. The zero-order valence-electron chi connectivity index (χ0n) is 13.1. The van der Waals surface area contributed by atoms with Gasteiger partial charge in [0.05, 0.1) is 12.2 Å². The standard InChI is InChI=1S/C16H21N3O4/c1-3-6-19(2)15(20)8-11-4-5-17-10-12(11)7-13-9-14(16(21)22)23-18-13/h1,9,11-12,17H,4-8,10H2,2H3,(H,21,22)/t11-,12+/m1/s1. The molecule has 7 heteroatoms. The minimum absolute atomic E-state index is 0.0335. The second kappa shape index (κ2) is 7.79. The van der Waals surface area contributed by atoms with Crippen LogP contribution in [0.5, 0.6) is 0 Å². The van der Waals surface area contributed by atoms with Crippen LogP contribution in [0.1, 0.15) is 29.1 Å². The van der Waals surface area contributed by atoms with Crippen molar-refractivity contribution in [1.29, 1.82) is 0 Å². The molecule has 0 radical (unpaired) electrons. The van der Waals surface area contributed by atoms with Crippen molar-refractivity contribution in [2.24, 2.45) is 11.8 Å². The van der Waals surface area contributed by atoms with Gasteiger partial charge in [-0.3, -0.25) is 4.79 Å². The number of aromatic nitrogens is 1. The Labute approximate surface area is 135 Å². The van der Waals surface area contributed by atoms with Gasteiger partial charge in [-0.15, -0.1) is 6.42 Å². The molecule has 1 aliphatic rings. The fraction of sp³-hybridized carbons (Fsp3) is 0.562. The van der Waals surface area contributed by atoms with Crippen molar-refractivity contribution in [3.63, 3.8) is 0 Å². The van der Waals surface area contributed by atoms with Crippen molar-refractivity contribution in [2.45, 2.75) is 19.3 Å². The predicted molar refractivity (Wildman–Crippen MR) is 82.7 cm³/mol. The van der Waals surface area contributed by atoms with E-state index in [1.807, 2.05) is 0 Å². The first-order valence-corrected chi connectivity index (χ1v) is 7.58. The highest BCUT2D eigenvalue weighted by molar-refractivity contribution is 5.84. The summed E-state index contributed by atoms with van der Waals surface area (Å²) >= 11 is 0. The lowest BCUT2D eigenvalue weighted by molar-refractivity contribution is -0.131. The first kappa shape index (κ1) is 17.0. The Bertz CT molecular complexity index is 605. The molecule has 1 amide bonds. The zero-order valence-corrected chi connectivity index (χ0v) is 13.1. The zero-order chi connectivity index (χ0) is 16.8. The van der Waals surface area contributed by atoms with E-state index in [1.165, 1.54) is 6.07 Å². The fourth-order valence-corrected chi connectivity index (χ4v) is 2.87. The number of nitrogens with one attached hydrogen (secondary N) is 1. The van der Waals surface area contributed by atoms with E-state index >= 15 is 0 Å². The van der Waals surface area contributed by atoms with Gasteiger partial charge in [0.1, 0.15) is 0 Å². The van der Waals surface area contributed by atoms with E-state index in [-0.39, 0.29) is 23.5 Å². The smallest absolute Gasteiger partial charge is 0.374 e. The largest absolute Gasteiger partial charge is 0.475 e. The molecule has 2 rings (SSSR count). The molecule has 0 aliphatic carbocycles. The minimum Gasteiger partial charge on any atom is -0.475 e. The summed E-state index contributed by atoms with van der Waals surface area (Å²) in [6, 6.07) is 1.44. The summed E-state index contributed by atoms with van der Waals surface area (Å²) in [5.74, 6) is 1.63. The molecule has 1 fully saturated rings. The molecule has 2 atom stereocenters. The van der Waals surface area contributed by atoms with Crippen LogP contribution in [0.4, 0.5) is 0 Å². The summed E-state index contributed by atoms with van der Waals surface area (Å²) in [5, 5.41) is 16.0. The van der Waals surface area contributed by atoms with Crippen LogP contribution >= 0.6 is 0 Å². The van der Waals surface area contributed by atoms with Gasteiger partial charge in [0.25, 0.3) is 0 Å². The van der Waals surface area contributed by atoms with Gasteiger partial charge in [-0.1, -0.05) is 11.1 Å². The third kappa shape index (κ3) is 4.57. The summed E-state index contributed by atoms with van der Waals surface area (Å²) in [5.41, 5.74) is 0.602. The molecule has 0 bridgehead atoms. The fourth-order valence-electron chi connectivity index (χ4n) is 2.87. The van der Waals surface area contributed by atoms with Crippen molar-refractivity contribution in [3.8, 4) is 12.3 Å². The lowest BCUT2D eigenvalue weighted by Crippen LogP contribution is -2.40. The van der Waals surface area contributed by atoms with Gasteiger partial charge in [-0.05, 0) is 37.8 Å². The Kier molecular flexibility index (Phi) is 5.77. The molecule has 7 nitrogen and oxygen atoms in total. The summed E-state index contributed by atoms with van der Waals surface area (Å²) in [7, 11) is 1.70. The van der Waals surface area contributed by atoms with Crippen LogP contribution in [0.25, 0.3) is 0 Å². The average Bonchev–Trinajstić information content (AvgIpc) is 2.98. The van der Waals surface area contributed by atoms with Crippen molar-refractivity contribution >= 4 is 11.9 Å². The number of carbonyl (C=O) groups excluding carboxylic acids is 1. The highest BCUT2D eigenvalue weighted by Crippen LogP contribution is 2.26. The van der Waals surface area contributed by atoms with Crippen LogP contribution in [-0.4, -0.2) is 53.7 Å². The topological polar surface area (TPSA) is 95.7 Å². The maximum absolute atomic E-state index is 12.2. The Hall–Kier alpha value is -2.33. The third-order valence-electron chi connectivity index (χ3n) is 4.20. The number of rotatable bonds is 6. The molecular weight excluding hydrogens is 298 g/mol. The molecule has 0 saturated carbocycles. The maximum Gasteiger partial charge on any atom is 0.374 e. The SMILES string of the molecule is C#CCN(C)C(=O)C[C@H]1CCNC[C@@H]1Cc1cc(C(=O)O)on1. The summed E-state index contributed by atoms with van der Waals surface area (Å²) in [6.45, 7) is 1.94. The molecule has 2 heterocycles. The lowest BCUT2D eigenvalue weighted by atomic mass is 9.81. The van der Waals surface area contributed by atoms with E-state index in [1.54, 1.807) is 11.9 Å². The highest BCUT2D eigenvalue weighted by Gasteiger charge is 2.29. The van der Waals surface area contributed by atoms with E-state index < -0.39 is 5.97 Å². The van der Waals surface area contributed by atoms with Gasteiger partial charge < -0.3 is 19.8 Å². The normalized spacial score (nSPS) is 20.7. The first-order chi connectivity index (χ1) is 11.0. The Morgan fingerprint density at radius 2 is 2.35 bits per heavy atom. The summed E-state index contributed by atoms with van der Waals surface area (Å²) < 4.78 is 4.79. The van der Waals surface area contributed by atoms with Gasteiger partial charge in [0.15, 0.2) is 0 Å². The van der Waals surface area contributed by atoms with E-state index in [0.717, 1.165) is 19.5 Å². The second-order valence-corrected chi connectivity index (χ2v) is 5.86. The van der Waals surface area contributed by atoms with Gasteiger partial charge >= 0.3 is 5.97 Å². The van der Waals surface area contributed by atoms with E-state index in [4.69, 9.17) is 16.1 Å². The van der Waals surface area contributed by atoms with Crippen molar-refractivity contribution in [3.05, 3.63) is 17.5 Å². The van der Waals surface area contributed by atoms with Crippen molar-refractivity contribution in [2.75, 3.05) is 26.7 Å². The first-order valence-electron chi connectivity index (χ1n) is 7.58. The number of amides is 1. The molecule has 23 heavy (non-hydrogen) atoms. The Morgan fingerprint density at radius 1 is 1.57 bits per heavy atom. The quantitative estimate of drug-likeness (QED) is 0.747. The van der Waals surface area contributed by atoms with Gasteiger partial charge in [0.2, 0.25) is 11.7 Å². The Morgan fingerprint density at radius 3 is 3.00 bits per heavy atom. The van der Waals surface area contributed by atoms with Gasteiger partial charge in [0, 0.05) is 19.5 Å². The molecule has 1 aromatic rings. The predicted octanol–water partition coefficient (Wildman–Crippen LogP) is 0.623. The number of aromatic carboxylic acids is 1. The number of carbonyl (C=O) groups is 2. The Balaban J connectivity index is 1.99. The summed E-state index contributed by atoms with van der Waals surface area (Å²) in [4.78, 5) is 24.6. The van der Waals surface area contributed by atoms with Gasteiger partial charge in [-0.25, -0.2) is 4.79 Å². The lowest BCUT2D eigenvalue weighted by Gasteiger charge is -2.32. The number of piperidine rings is 1. The van der Waals surface area contributed by atoms with E-state index in [9.17, 15) is 9.59 Å². The highest BCUT2D eigenvalue weighted by atomic mass is 16.5. The van der Waals surface area contributed by atoms with Crippen LogP contribution in [0, 0.1) is 24.2 Å². The number of hydrogen-bond acceptors (Lipinski definition) is 5. The number of carboxylic acids is 1. The number of nitrogens with zero attached hydrogens (tertiary/aromatic N) is 2. The summed E-state index contributed by atoms with van der Waals surface area (Å²) in [6.07, 6.45) is 7.15. The van der Waals surface area contributed by atoms with Crippen LogP contribution in [0.2, 0.25) is 0 Å². The maximum atomic E-state index is 12.2. The minimum atomic E-state index is -1.13. The number of carboxylic acid groups (broad SMARTS) is 1. The van der Waals surface area contributed by atoms with E-state index in [2.05, 4.69) is 16.4 Å². The van der Waals surface area contributed by atoms with E-state index in [0.29, 0.717) is 25.1 Å². The van der Waals surface area contributed by atoms with Crippen LogP contribution < -0.4 is 5.32 Å². The third-order valence-corrected chi connectivity index (χ3v) is 4.20. The average molecular weight is 319 g/mol. The number of terminal acetylenes is 1. The molecular formula is C16H21N3O4. The molecule has 1 aromatic heterocycles. The van der Waals surface area contributed by atoms with Crippen LogP contribution in [-0.2, 0) is 11.2 Å². The molecule has 2 N–H and O–H groups in total. The molecule has 124 valence electrons. The van der Waals surface area contributed by atoms with Gasteiger partial charge in [-0.2, -0.15) is 0 Å². The van der Waals surface area contributed by atoms with Crippen LogP contribution in [0.3, 0.4) is 0 Å². The molecule has 0 aromatic carbocycles. The molecule has 0 spiro atoms. The monoisotopic (exact) mass is 319 g/mol. The second-order valence-electron chi connectivity index (χ2n) is 5.86. The van der Waals surface area contributed by atoms with Crippen molar-refractivity contribution < 1.29 is 19.2 Å². The van der Waals surface area contributed by atoms with Crippen LogP contribution in [0.15, 0.2) is 10.6 Å².